The number of nitrogens with zero attached hydrogens (tertiary/aromatic N) is 2. The molecule has 0 saturated heterocycles. The van der Waals surface area contributed by atoms with Gasteiger partial charge in [0.1, 0.15) is 12.6 Å². The monoisotopic (exact) mass is 603 g/mol. The third-order valence-corrected chi connectivity index (χ3v) is 9.09. The van der Waals surface area contributed by atoms with Crippen LogP contribution in [0.15, 0.2) is 71.6 Å². The lowest BCUT2D eigenvalue weighted by Gasteiger charge is -2.34. The summed E-state index contributed by atoms with van der Waals surface area (Å²) >= 11 is 12.9. The van der Waals surface area contributed by atoms with Crippen molar-refractivity contribution < 1.29 is 18.0 Å². The molecule has 1 unspecified atom stereocenters. The second kappa shape index (κ2) is 13.5. The Bertz CT molecular complexity index is 1440. The van der Waals surface area contributed by atoms with Crippen LogP contribution in [-0.4, -0.2) is 43.8 Å². The summed E-state index contributed by atoms with van der Waals surface area (Å²) in [4.78, 5) is 28.8. The van der Waals surface area contributed by atoms with Gasteiger partial charge in [0.2, 0.25) is 11.8 Å². The molecule has 1 N–H and O–H groups in total. The van der Waals surface area contributed by atoms with Gasteiger partial charge in [0.25, 0.3) is 10.0 Å². The number of aryl methyl sites for hydroxylation is 2. The van der Waals surface area contributed by atoms with E-state index < -0.39 is 28.5 Å². The van der Waals surface area contributed by atoms with E-state index in [-0.39, 0.29) is 23.4 Å². The highest BCUT2D eigenvalue weighted by Crippen LogP contribution is 2.29. The topological polar surface area (TPSA) is 86.8 Å². The van der Waals surface area contributed by atoms with Gasteiger partial charge in [0.15, 0.2) is 0 Å². The smallest absolute Gasteiger partial charge is 0.264 e. The fourth-order valence-corrected chi connectivity index (χ4v) is 6.23. The Morgan fingerprint density at radius 2 is 1.52 bits per heavy atom. The fraction of sp³-hybridized carbons (Fsp3) is 0.333. The zero-order chi connectivity index (χ0) is 29.6. The maximum Gasteiger partial charge on any atom is 0.264 e. The van der Waals surface area contributed by atoms with Gasteiger partial charge in [-0.25, -0.2) is 8.42 Å². The maximum absolute atomic E-state index is 14.1. The van der Waals surface area contributed by atoms with Gasteiger partial charge in [-0.3, -0.25) is 13.9 Å². The molecule has 1 atom stereocenters. The normalized spacial score (nSPS) is 12.2. The Labute approximate surface area is 247 Å². The van der Waals surface area contributed by atoms with Gasteiger partial charge >= 0.3 is 0 Å². The first-order valence-electron chi connectivity index (χ1n) is 13.0. The van der Waals surface area contributed by atoms with Crippen LogP contribution in [0.2, 0.25) is 10.0 Å². The minimum atomic E-state index is -4.14. The molecule has 0 fully saturated rings. The number of anilines is 1. The Kier molecular flexibility index (Phi) is 10.6. The molecule has 0 bridgehead atoms. The van der Waals surface area contributed by atoms with Gasteiger partial charge in [-0.1, -0.05) is 60.5 Å². The Morgan fingerprint density at radius 1 is 0.900 bits per heavy atom. The van der Waals surface area contributed by atoms with Gasteiger partial charge in [0.05, 0.1) is 10.6 Å². The molecule has 0 aliphatic rings. The second-order valence-electron chi connectivity index (χ2n) is 9.90. The molecule has 0 radical (unpaired) electrons. The third-order valence-electron chi connectivity index (χ3n) is 6.60. The molecule has 3 aromatic rings. The van der Waals surface area contributed by atoms with E-state index >= 15 is 0 Å². The lowest BCUT2D eigenvalue weighted by Crippen LogP contribution is -2.53. The summed E-state index contributed by atoms with van der Waals surface area (Å²) in [5.74, 6) is -0.919. The van der Waals surface area contributed by atoms with Crippen LogP contribution in [0, 0.1) is 13.8 Å². The van der Waals surface area contributed by atoms with Crippen molar-refractivity contribution >= 4 is 50.7 Å². The predicted molar refractivity (Wildman–Crippen MR) is 161 cm³/mol. The largest absolute Gasteiger partial charge is 0.352 e. The van der Waals surface area contributed by atoms with E-state index in [1.54, 1.807) is 55.5 Å². The molecule has 0 aromatic heterocycles. The van der Waals surface area contributed by atoms with Crippen molar-refractivity contribution in [3.05, 3.63) is 93.5 Å². The van der Waals surface area contributed by atoms with E-state index in [9.17, 15) is 18.0 Å². The molecule has 40 heavy (non-hydrogen) atoms. The van der Waals surface area contributed by atoms with Gasteiger partial charge in [-0.05, 0) is 81.6 Å². The van der Waals surface area contributed by atoms with Gasteiger partial charge in [-0.15, -0.1) is 0 Å². The summed E-state index contributed by atoms with van der Waals surface area (Å²) in [6.07, 6.45) is 0.293. The summed E-state index contributed by atoms with van der Waals surface area (Å²) in [5, 5.41) is 3.55. The number of hydrogen-bond donors (Lipinski definition) is 1. The molecule has 7 nitrogen and oxygen atoms in total. The standard InChI is InChI=1S/C30H35Cl2N3O4S/c1-6-28(30(37)33-20(2)3)34(18-25-26(31)13-10-14-27(25)32)29(36)19-35(23-16-15-21(4)22(5)17-23)40(38,39)24-11-8-7-9-12-24/h7-17,20,28H,6,18-19H2,1-5H3,(H,33,37). The van der Waals surface area contributed by atoms with E-state index in [2.05, 4.69) is 5.32 Å². The SMILES string of the molecule is CCC(C(=O)NC(C)C)N(Cc1c(Cl)cccc1Cl)C(=O)CN(c1ccc(C)c(C)c1)S(=O)(=O)c1ccccc1. The number of sulfonamides is 1. The number of nitrogens with one attached hydrogen (secondary N) is 1. The maximum atomic E-state index is 14.1. The molecule has 0 saturated carbocycles. The average Bonchev–Trinajstić information content (AvgIpc) is 2.90. The number of carbonyl (C=O) groups excluding carboxylic acids is 2. The molecule has 3 aromatic carbocycles. The summed E-state index contributed by atoms with van der Waals surface area (Å²) in [6.45, 7) is 8.64. The summed E-state index contributed by atoms with van der Waals surface area (Å²) in [7, 11) is -4.14. The first-order chi connectivity index (χ1) is 18.9. The quantitative estimate of drug-likeness (QED) is 0.285. The number of benzene rings is 3. The van der Waals surface area contributed by atoms with Gasteiger partial charge in [0, 0.05) is 28.2 Å². The number of halogens is 2. The van der Waals surface area contributed by atoms with Crippen LogP contribution in [0.25, 0.3) is 0 Å². The summed E-state index contributed by atoms with van der Waals surface area (Å²) in [5.41, 5.74) is 2.67. The van der Waals surface area contributed by atoms with Crippen LogP contribution in [-0.2, 0) is 26.2 Å². The number of rotatable bonds is 11. The molecule has 0 aliphatic heterocycles. The number of carbonyl (C=O) groups is 2. The lowest BCUT2D eigenvalue weighted by atomic mass is 10.1. The Morgan fingerprint density at radius 3 is 2.08 bits per heavy atom. The van der Waals surface area contributed by atoms with Crippen molar-refractivity contribution in [2.24, 2.45) is 0 Å². The second-order valence-corrected chi connectivity index (χ2v) is 12.6. The Balaban J connectivity index is 2.12. The van der Waals surface area contributed by atoms with Crippen LogP contribution in [0.3, 0.4) is 0 Å². The van der Waals surface area contributed by atoms with Crippen LogP contribution in [0.5, 0.6) is 0 Å². The highest BCUT2D eigenvalue weighted by Gasteiger charge is 2.34. The van der Waals surface area contributed by atoms with Crippen molar-refractivity contribution in [2.75, 3.05) is 10.8 Å². The third kappa shape index (κ3) is 7.36. The molecule has 214 valence electrons. The fourth-order valence-electron chi connectivity index (χ4n) is 4.28. The highest BCUT2D eigenvalue weighted by atomic mass is 35.5. The van der Waals surface area contributed by atoms with E-state index in [1.807, 2.05) is 33.8 Å². The average molecular weight is 605 g/mol. The van der Waals surface area contributed by atoms with E-state index in [1.165, 1.54) is 17.0 Å². The summed E-state index contributed by atoms with van der Waals surface area (Å²) in [6, 6.07) is 17.1. The van der Waals surface area contributed by atoms with Gasteiger partial charge in [-0.2, -0.15) is 0 Å². The summed E-state index contributed by atoms with van der Waals surface area (Å²) < 4.78 is 28.9. The zero-order valence-corrected chi connectivity index (χ0v) is 25.6. The van der Waals surface area contributed by atoms with E-state index in [0.717, 1.165) is 15.4 Å². The van der Waals surface area contributed by atoms with Crippen molar-refractivity contribution in [3.8, 4) is 0 Å². The highest BCUT2D eigenvalue weighted by molar-refractivity contribution is 7.92. The molecule has 0 heterocycles. The molecular formula is C30H35Cl2N3O4S. The lowest BCUT2D eigenvalue weighted by molar-refractivity contribution is -0.140. The van der Waals surface area contributed by atoms with Crippen LogP contribution in [0.1, 0.15) is 43.9 Å². The van der Waals surface area contributed by atoms with Gasteiger partial charge < -0.3 is 10.2 Å². The number of amides is 2. The van der Waals surface area contributed by atoms with Crippen molar-refractivity contribution in [2.45, 2.75) is 64.6 Å². The number of hydrogen-bond acceptors (Lipinski definition) is 4. The van der Waals surface area contributed by atoms with Crippen LogP contribution in [0.4, 0.5) is 5.69 Å². The molecule has 2 amide bonds. The predicted octanol–water partition coefficient (Wildman–Crippen LogP) is 6.14. The molecule has 0 spiro atoms. The molecule has 0 aliphatic carbocycles. The first kappa shape index (κ1) is 31.5. The van der Waals surface area contributed by atoms with E-state index in [4.69, 9.17) is 23.2 Å². The van der Waals surface area contributed by atoms with E-state index in [0.29, 0.717) is 27.7 Å². The molecular weight excluding hydrogens is 569 g/mol. The zero-order valence-electron chi connectivity index (χ0n) is 23.3. The Hall–Kier alpha value is -3.07. The van der Waals surface area contributed by atoms with Crippen LogP contribution >= 0.6 is 23.2 Å². The van der Waals surface area contributed by atoms with Crippen LogP contribution < -0.4 is 9.62 Å². The molecule has 10 heteroatoms. The minimum Gasteiger partial charge on any atom is -0.352 e. The molecule has 3 rings (SSSR count). The van der Waals surface area contributed by atoms with Crippen molar-refractivity contribution in [3.63, 3.8) is 0 Å². The minimum absolute atomic E-state index is 0.0475. The van der Waals surface area contributed by atoms with Crippen molar-refractivity contribution in [1.82, 2.24) is 10.2 Å². The van der Waals surface area contributed by atoms with Crippen molar-refractivity contribution in [1.29, 1.82) is 0 Å². The first-order valence-corrected chi connectivity index (χ1v) is 15.2.